The molecule has 0 radical (unpaired) electrons. The smallest absolute Gasteiger partial charge is 0.320 e. The molecule has 6 heteroatoms. The fraction of sp³-hybridized carbons (Fsp3) is 0.538. The van der Waals surface area contributed by atoms with Crippen LogP contribution in [0.15, 0.2) is 11.4 Å². The van der Waals surface area contributed by atoms with Gasteiger partial charge in [0.2, 0.25) is 0 Å². The first-order valence-electron chi connectivity index (χ1n) is 6.31. The number of thiophene rings is 1. The predicted octanol–water partition coefficient (Wildman–Crippen LogP) is 1.29. The van der Waals surface area contributed by atoms with E-state index in [9.17, 15) is 9.59 Å². The third-order valence-corrected chi connectivity index (χ3v) is 4.57. The van der Waals surface area contributed by atoms with Crippen LogP contribution in [0.25, 0.3) is 0 Å². The van der Waals surface area contributed by atoms with Gasteiger partial charge in [-0.3, -0.25) is 14.5 Å². The zero-order valence-corrected chi connectivity index (χ0v) is 11.9. The van der Waals surface area contributed by atoms with E-state index in [1.807, 2.05) is 28.2 Å². The number of carboxylic acid groups (broad SMARTS) is 1. The van der Waals surface area contributed by atoms with E-state index in [0.29, 0.717) is 26.2 Å². The average Bonchev–Trinajstić information content (AvgIpc) is 2.83. The van der Waals surface area contributed by atoms with Gasteiger partial charge >= 0.3 is 5.97 Å². The second kappa shape index (κ2) is 5.71. The van der Waals surface area contributed by atoms with E-state index in [2.05, 4.69) is 0 Å². The first-order chi connectivity index (χ1) is 9.00. The standard InChI is InChI=1S/C13H18N2O3S/c1-9-3-8-19-11(9)12(16)15-6-4-14(5-7-15)10(2)13(17)18/h3,8,10H,4-7H2,1-2H3,(H,17,18). The number of aryl methyl sites for hydroxylation is 1. The summed E-state index contributed by atoms with van der Waals surface area (Å²) in [6.45, 7) is 6.03. The van der Waals surface area contributed by atoms with Crippen LogP contribution in [0.5, 0.6) is 0 Å². The number of piperazine rings is 1. The molecule has 0 bridgehead atoms. The molecule has 0 saturated carbocycles. The molecule has 104 valence electrons. The molecule has 1 unspecified atom stereocenters. The second-order valence-corrected chi connectivity index (χ2v) is 5.69. The molecule has 0 aliphatic carbocycles. The Labute approximate surface area is 116 Å². The van der Waals surface area contributed by atoms with Gasteiger partial charge in [-0.2, -0.15) is 0 Å². The van der Waals surface area contributed by atoms with Crippen LogP contribution in [-0.4, -0.2) is 59.0 Å². The van der Waals surface area contributed by atoms with Crippen LogP contribution in [-0.2, 0) is 4.79 Å². The fourth-order valence-electron chi connectivity index (χ4n) is 2.20. The molecule has 19 heavy (non-hydrogen) atoms. The van der Waals surface area contributed by atoms with E-state index in [1.54, 1.807) is 6.92 Å². The Kier molecular flexibility index (Phi) is 4.21. The van der Waals surface area contributed by atoms with Crippen molar-refractivity contribution < 1.29 is 14.7 Å². The van der Waals surface area contributed by atoms with E-state index in [0.717, 1.165) is 10.4 Å². The molecule has 2 rings (SSSR count). The Morgan fingerprint density at radius 1 is 1.32 bits per heavy atom. The van der Waals surface area contributed by atoms with Crippen molar-refractivity contribution in [3.05, 3.63) is 21.9 Å². The quantitative estimate of drug-likeness (QED) is 0.907. The normalized spacial score (nSPS) is 18.3. The minimum atomic E-state index is -0.811. The zero-order chi connectivity index (χ0) is 14.0. The average molecular weight is 282 g/mol. The largest absolute Gasteiger partial charge is 0.480 e. The van der Waals surface area contributed by atoms with Crippen molar-refractivity contribution in [2.24, 2.45) is 0 Å². The lowest BCUT2D eigenvalue weighted by atomic mass is 10.2. The summed E-state index contributed by atoms with van der Waals surface area (Å²) >= 11 is 1.46. The first kappa shape index (κ1) is 14.0. The van der Waals surface area contributed by atoms with Gasteiger partial charge in [0, 0.05) is 26.2 Å². The molecular formula is C13H18N2O3S. The van der Waals surface area contributed by atoms with Gasteiger partial charge in [-0.15, -0.1) is 11.3 Å². The number of amides is 1. The van der Waals surface area contributed by atoms with Gasteiger partial charge in [0.25, 0.3) is 5.91 Å². The molecule has 1 atom stereocenters. The van der Waals surface area contributed by atoms with Crippen LogP contribution in [0.1, 0.15) is 22.2 Å². The summed E-state index contributed by atoms with van der Waals surface area (Å²) in [5.41, 5.74) is 1.01. The van der Waals surface area contributed by atoms with Gasteiger partial charge in [-0.25, -0.2) is 0 Å². The van der Waals surface area contributed by atoms with E-state index < -0.39 is 12.0 Å². The number of aliphatic carboxylic acids is 1. The van der Waals surface area contributed by atoms with E-state index in [-0.39, 0.29) is 5.91 Å². The lowest BCUT2D eigenvalue weighted by Crippen LogP contribution is -2.53. The molecule has 0 aromatic carbocycles. The van der Waals surface area contributed by atoms with Crippen LogP contribution in [0.2, 0.25) is 0 Å². The minimum absolute atomic E-state index is 0.0649. The third-order valence-electron chi connectivity index (χ3n) is 3.56. The number of hydrogen-bond donors (Lipinski definition) is 1. The maximum Gasteiger partial charge on any atom is 0.320 e. The number of carboxylic acids is 1. The van der Waals surface area contributed by atoms with Crippen molar-refractivity contribution in [2.75, 3.05) is 26.2 Å². The van der Waals surface area contributed by atoms with Crippen molar-refractivity contribution in [1.82, 2.24) is 9.80 Å². The van der Waals surface area contributed by atoms with Gasteiger partial charge in [-0.1, -0.05) is 0 Å². The van der Waals surface area contributed by atoms with Crippen molar-refractivity contribution in [1.29, 1.82) is 0 Å². The van der Waals surface area contributed by atoms with Gasteiger partial charge in [0.15, 0.2) is 0 Å². The van der Waals surface area contributed by atoms with Crippen LogP contribution in [0.4, 0.5) is 0 Å². The summed E-state index contributed by atoms with van der Waals surface area (Å²) in [6.07, 6.45) is 0. The van der Waals surface area contributed by atoms with E-state index in [1.165, 1.54) is 11.3 Å². The van der Waals surface area contributed by atoms with Gasteiger partial charge < -0.3 is 10.0 Å². The third kappa shape index (κ3) is 2.96. The Balaban J connectivity index is 1.95. The lowest BCUT2D eigenvalue weighted by Gasteiger charge is -2.36. The molecule has 1 amide bonds. The monoisotopic (exact) mass is 282 g/mol. The number of rotatable bonds is 3. The Morgan fingerprint density at radius 2 is 1.95 bits per heavy atom. The summed E-state index contributed by atoms with van der Waals surface area (Å²) in [5.74, 6) is -0.746. The van der Waals surface area contributed by atoms with Gasteiger partial charge in [0.1, 0.15) is 6.04 Å². The molecule has 1 aliphatic rings. The molecule has 2 heterocycles. The number of carbonyl (C=O) groups excluding carboxylic acids is 1. The Bertz CT molecular complexity index is 478. The molecule has 1 N–H and O–H groups in total. The number of carbonyl (C=O) groups is 2. The molecule has 1 aliphatic heterocycles. The molecule has 1 fully saturated rings. The highest BCUT2D eigenvalue weighted by Gasteiger charge is 2.28. The topological polar surface area (TPSA) is 60.9 Å². The van der Waals surface area contributed by atoms with E-state index >= 15 is 0 Å². The fourth-order valence-corrected chi connectivity index (χ4v) is 3.10. The van der Waals surface area contributed by atoms with Gasteiger partial charge in [-0.05, 0) is 30.9 Å². The van der Waals surface area contributed by atoms with Crippen LogP contribution >= 0.6 is 11.3 Å². The van der Waals surface area contributed by atoms with E-state index in [4.69, 9.17) is 5.11 Å². The van der Waals surface area contributed by atoms with Crippen LogP contribution in [0.3, 0.4) is 0 Å². The maximum atomic E-state index is 12.3. The summed E-state index contributed by atoms with van der Waals surface area (Å²) in [7, 11) is 0. The zero-order valence-electron chi connectivity index (χ0n) is 11.1. The molecule has 1 aromatic rings. The van der Waals surface area contributed by atoms with Gasteiger partial charge in [0.05, 0.1) is 4.88 Å². The molecule has 0 spiro atoms. The minimum Gasteiger partial charge on any atom is -0.480 e. The second-order valence-electron chi connectivity index (χ2n) is 4.78. The SMILES string of the molecule is Cc1ccsc1C(=O)N1CCN(C(C)C(=O)O)CC1. The highest BCUT2D eigenvalue weighted by molar-refractivity contribution is 7.12. The molecule has 5 nitrogen and oxygen atoms in total. The number of nitrogens with zero attached hydrogens (tertiary/aromatic N) is 2. The molecule has 1 aromatic heterocycles. The van der Waals surface area contributed by atoms with Crippen molar-refractivity contribution in [3.8, 4) is 0 Å². The Morgan fingerprint density at radius 3 is 2.42 bits per heavy atom. The maximum absolute atomic E-state index is 12.3. The van der Waals surface area contributed by atoms with Crippen molar-refractivity contribution >= 4 is 23.2 Å². The highest BCUT2D eigenvalue weighted by atomic mass is 32.1. The summed E-state index contributed by atoms with van der Waals surface area (Å²) in [5, 5.41) is 10.9. The number of hydrogen-bond acceptors (Lipinski definition) is 4. The highest BCUT2D eigenvalue weighted by Crippen LogP contribution is 2.19. The summed E-state index contributed by atoms with van der Waals surface area (Å²) < 4.78 is 0. The van der Waals surface area contributed by atoms with Crippen LogP contribution < -0.4 is 0 Å². The first-order valence-corrected chi connectivity index (χ1v) is 7.19. The lowest BCUT2D eigenvalue weighted by molar-refractivity contribution is -0.143. The summed E-state index contributed by atoms with van der Waals surface area (Å²) in [4.78, 5) is 27.7. The summed E-state index contributed by atoms with van der Waals surface area (Å²) in [6, 6.07) is 1.46. The Hall–Kier alpha value is -1.40. The molecule has 1 saturated heterocycles. The van der Waals surface area contributed by atoms with Crippen molar-refractivity contribution in [3.63, 3.8) is 0 Å². The molecular weight excluding hydrogens is 264 g/mol. The van der Waals surface area contributed by atoms with Crippen molar-refractivity contribution in [2.45, 2.75) is 19.9 Å². The predicted molar refractivity (Wildman–Crippen MR) is 73.6 cm³/mol. The van der Waals surface area contributed by atoms with Crippen LogP contribution in [0, 0.1) is 6.92 Å².